The highest BCUT2D eigenvalue weighted by Gasteiger charge is 2.21. The van der Waals surface area contributed by atoms with E-state index >= 15 is 0 Å². The summed E-state index contributed by atoms with van der Waals surface area (Å²) in [6.07, 6.45) is 0. The Morgan fingerprint density at radius 1 is 1.43 bits per heavy atom. The van der Waals surface area contributed by atoms with Gasteiger partial charge in [-0.3, -0.25) is 0 Å². The van der Waals surface area contributed by atoms with Crippen LogP contribution in [0.2, 0.25) is 5.15 Å². The van der Waals surface area contributed by atoms with E-state index in [4.69, 9.17) is 11.6 Å². The van der Waals surface area contributed by atoms with Crippen LogP contribution in [0.25, 0.3) is 0 Å². The number of hydrogen-bond acceptors (Lipinski definition) is 6. The fraction of sp³-hybridized carbons (Fsp3) is 0.333. The molecule has 9 heteroatoms. The number of sulfonamides is 1. The van der Waals surface area contributed by atoms with E-state index in [1.807, 2.05) is 0 Å². The van der Waals surface area contributed by atoms with Gasteiger partial charge in [-0.25, -0.2) is 18.4 Å². The number of anilines is 1. The van der Waals surface area contributed by atoms with Gasteiger partial charge in [-0.15, -0.1) is 11.3 Å². The number of halogens is 1. The van der Waals surface area contributed by atoms with Crippen LogP contribution < -0.4 is 5.32 Å². The Labute approximate surface area is 132 Å². The summed E-state index contributed by atoms with van der Waals surface area (Å²) in [6.45, 7) is 2.49. The van der Waals surface area contributed by atoms with Gasteiger partial charge in [0.05, 0.1) is 0 Å². The van der Waals surface area contributed by atoms with E-state index in [0.717, 1.165) is 0 Å². The van der Waals surface area contributed by atoms with Crippen LogP contribution in [0.1, 0.15) is 5.82 Å². The second kappa shape index (κ2) is 6.69. The summed E-state index contributed by atoms with van der Waals surface area (Å²) < 4.78 is 26.1. The molecular weight excluding hydrogens is 332 g/mol. The molecule has 6 nitrogen and oxygen atoms in total. The summed E-state index contributed by atoms with van der Waals surface area (Å²) in [4.78, 5) is 8.13. The average molecular weight is 347 g/mol. The van der Waals surface area contributed by atoms with Crippen LogP contribution in [0, 0.1) is 6.92 Å². The Morgan fingerprint density at radius 3 is 2.81 bits per heavy atom. The van der Waals surface area contributed by atoms with Gasteiger partial charge in [-0.2, -0.15) is 4.31 Å². The standard InChI is InChI=1S/C12H15ClN4O2S2/c1-9-15-10(13)8-11(16-9)14-5-6-17(2)21(18,19)12-4-3-7-20-12/h3-4,7-8H,5-6H2,1-2H3,(H,14,15,16). The van der Waals surface area contributed by atoms with Crippen LogP contribution in [0.3, 0.4) is 0 Å². The van der Waals surface area contributed by atoms with E-state index in [9.17, 15) is 8.42 Å². The molecule has 0 atom stereocenters. The first-order chi connectivity index (χ1) is 9.89. The van der Waals surface area contributed by atoms with Crippen LogP contribution in [-0.4, -0.2) is 42.8 Å². The number of hydrogen-bond donors (Lipinski definition) is 1. The summed E-state index contributed by atoms with van der Waals surface area (Å²) in [5, 5.41) is 5.13. The van der Waals surface area contributed by atoms with Crippen LogP contribution >= 0.6 is 22.9 Å². The van der Waals surface area contributed by atoms with Crippen LogP contribution in [-0.2, 0) is 10.0 Å². The van der Waals surface area contributed by atoms with Crippen molar-refractivity contribution >= 4 is 38.8 Å². The van der Waals surface area contributed by atoms with E-state index in [-0.39, 0.29) is 0 Å². The van der Waals surface area contributed by atoms with Gasteiger partial charge in [0, 0.05) is 26.2 Å². The molecule has 0 saturated carbocycles. The molecule has 0 aliphatic heterocycles. The summed E-state index contributed by atoms with van der Waals surface area (Å²) in [5.41, 5.74) is 0. The largest absolute Gasteiger partial charge is 0.369 e. The zero-order chi connectivity index (χ0) is 15.5. The molecule has 2 aromatic heterocycles. The minimum Gasteiger partial charge on any atom is -0.369 e. The number of nitrogens with one attached hydrogen (secondary N) is 1. The Hall–Kier alpha value is -1.22. The highest BCUT2D eigenvalue weighted by Crippen LogP contribution is 2.19. The van der Waals surface area contributed by atoms with Crippen molar-refractivity contribution in [3.05, 3.63) is 34.6 Å². The van der Waals surface area contributed by atoms with Gasteiger partial charge in [0.2, 0.25) is 0 Å². The number of rotatable bonds is 6. The Kier molecular flexibility index (Phi) is 5.15. The zero-order valence-corrected chi connectivity index (χ0v) is 14.0. The first-order valence-electron chi connectivity index (χ1n) is 6.14. The number of aromatic nitrogens is 2. The van der Waals surface area contributed by atoms with Crippen molar-refractivity contribution < 1.29 is 8.42 Å². The molecule has 0 saturated heterocycles. The highest BCUT2D eigenvalue weighted by molar-refractivity contribution is 7.91. The molecule has 1 N–H and O–H groups in total. The lowest BCUT2D eigenvalue weighted by molar-refractivity contribution is 0.482. The SMILES string of the molecule is Cc1nc(Cl)cc(NCCN(C)S(=O)(=O)c2cccs2)n1. The van der Waals surface area contributed by atoms with Gasteiger partial charge in [0.1, 0.15) is 21.0 Å². The minimum absolute atomic E-state index is 0.320. The average Bonchev–Trinajstić information content (AvgIpc) is 2.91. The van der Waals surface area contributed by atoms with E-state index < -0.39 is 10.0 Å². The van der Waals surface area contributed by atoms with Gasteiger partial charge < -0.3 is 5.32 Å². The number of nitrogens with zero attached hydrogens (tertiary/aromatic N) is 3. The molecule has 0 unspecified atom stereocenters. The summed E-state index contributed by atoms with van der Waals surface area (Å²) in [6, 6.07) is 4.91. The van der Waals surface area contributed by atoms with Crippen LogP contribution in [0.5, 0.6) is 0 Å². The summed E-state index contributed by atoms with van der Waals surface area (Å²) >= 11 is 7.04. The molecule has 0 bridgehead atoms. The first kappa shape index (κ1) is 16.2. The summed E-state index contributed by atoms with van der Waals surface area (Å²) in [7, 11) is -1.86. The predicted molar refractivity (Wildman–Crippen MR) is 84.4 cm³/mol. The van der Waals surface area contributed by atoms with Crippen molar-refractivity contribution in [1.82, 2.24) is 14.3 Å². The lowest BCUT2D eigenvalue weighted by atomic mass is 10.5. The first-order valence-corrected chi connectivity index (χ1v) is 8.84. The Morgan fingerprint density at radius 2 is 2.19 bits per heavy atom. The molecule has 0 aliphatic rings. The lowest BCUT2D eigenvalue weighted by Crippen LogP contribution is -2.31. The lowest BCUT2D eigenvalue weighted by Gasteiger charge is -2.16. The molecule has 0 amide bonds. The van der Waals surface area contributed by atoms with E-state index in [1.165, 1.54) is 15.6 Å². The smallest absolute Gasteiger partial charge is 0.252 e. The maximum Gasteiger partial charge on any atom is 0.252 e. The van der Waals surface area contributed by atoms with Crippen molar-refractivity contribution in [2.75, 3.05) is 25.5 Å². The topological polar surface area (TPSA) is 75.2 Å². The fourth-order valence-electron chi connectivity index (χ4n) is 1.65. The molecule has 2 aromatic rings. The molecular formula is C12H15ClN4O2S2. The predicted octanol–water partition coefficient (Wildman–Crippen LogP) is 2.23. The summed E-state index contributed by atoms with van der Waals surface area (Å²) in [5.74, 6) is 1.14. The van der Waals surface area contributed by atoms with Crippen molar-refractivity contribution in [3.8, 4) is 0 Å². The molecule has 21 heavy (non-hydrogen) atoms. The van der Waals surface area contributed by atoms with Gasteiger partial charge in [0.25, 0.3) is 10.0 Å². The minimum atomic E-state index is -3.41. The van der Waals surface area contributed by atoms with Crippen molar-refractivity contribution in [3.63, 3.8) is 0 Å². The maximum absolute atomic E-state index is 12.2. The number of thiophene rings is 1. The van der Waals surface area contributed by atoms with Crippen molar-refractivity contribution in [2.45, 2.75) is 11.1 Å². The molecule has 2 rings (SSSR count). The Balaban J connectivity index is 1.94. The van der Waals surface area contributed by atoms with Gasteiger partial charge >= 0.3 is 0 Å². The van der Waals surface area contributed by atoms with Crippen molar-refractivity contribution in [2.24, 2.45) is 0 Å². The maximum atomic E-state index is 12.2. The fourth-order valence-corrected chi connectivity index (χ4v) is 4.25. The number of likely N-dealkylation sites (N-methyl/N-ethyl adjacent to an activating group) is 1. The second-order valence-corrected chi connectivity index (χ2v) is 7.92. The number of aryl methyl sites for hydroxylation is 1. The quantitative estimate of drug-likeness (QED) is 0.812. The third-order valence-electron chi connectivity index (χ3n) is 2.70. The van der Waals surface area contributed by atoms with E-state index in [1.54, 1.807) is 37.6 Å². The van der Waals surface area contributed by atoms with Crippen molar-refractivity contribution in [1.29, 1.82) is 0 Å². The molecule has 2 heterocycles. The van der Waals surface area contributed by atoms with E-state index in [0.29, 0.717) is 34.1 Å². The second-order valence-electron chi connectivity index (χ2n) is 4.31. The molecule has 0 aliphatic carbocycles. The third kappa shape index (κ3) is 4.13. The van der Waals surface area contributed by atoms with E-state index in [2.05, 4.69) is 15.3 Å². The monoisotopic (exact) mass is 346 g/mol. The molecule has 0 aromatic carbocycles. The van der Waals surface area contributed by atoms with Crippen LogP contribution in [0.4, 0.5) is 5.82 Å². The third-order valence-corrected chi connectivity index (χ3v) is 6.12. The normalized spacial score (nSPS) is 11.8. The zero-order valence-electron chi connectivity index (χ0n) is 11.6. The molecule has 114 valence electrons. The Bertz CT molecular complexity index is 684. The highest BCUT2D eigenvalue weighted by atomic mass is 35.5. The van der Waals surface area contributed by atoms with Crippen LogP contribution in [0.15, 0.2) is 27.8 Å². The van der Waals surface area contributed by atoms with Gasteiger partial charge in [0.15, 0.2) is 0 Å². The molecule has 0 spiro atoms. The van der Waals surface area contributed by atoms with Gasteiger partial charge in [-0.05, 0) is 18.4 Å². The molecule has 0 radical (unpaired) electrons. The van der Waals surface area contributed by atoms with Gasteiger partial charge in [-0.1, -0.05) is 17.7 Å². The molecule has 0 fully saturated rings.